The van der Waals surface area contributed by atoms with Gasteiger partial charge >= 0.3 is 0 Å². The van der Waals surface area contributed by atoms with E-state index in [1.165, 1.54) is 0 Å². The average Bonchev–Trinajstić information content (AvgIpc) is 3.03. The third kappa shape index (κ3) is 8.28. The van der Waals surface area contributed by atoms with Crippen LogP contribution in [0.15, 0.2) is 97.1 Å². The molecule has 4 aromatic carbocycles. The predicted molar refractivity (Wildman–Crippen MR) is 180 cm³/mol. The van der Waals surface area contributed by atoms with E-state index in [9.17, 15) is 14.4 Å². The van der Waals surface area contributed by atoms with Gasteiger partial charge in [0.2, 0.25) is 0 Å². The molecular weight excluding hydrogens is 796 g/mol. The van der Waals surface area contributed by atoms with E-state index >= 15 is 0 Å². The minimum Gasteiger partial charge on any atom is -0.457 e. The molecule has 0 aromatic heterocycles. The van der Waals surface area contributed by atoms with Crippen LogP contribution in [-0.4, -0.2) is 38.7 Å². The quantitative estimate of drug-likeness (QED) is 0.0937. The summed E-state index contributed by atoms with van der Waals surface area (Å²) >= 11 is 13.5. The fraction of sp³-hybridized carbons (Fsp3) is 0.182. The number of rotatable bonds is 14. The van der Waals surface area contributed by atoms with Gasteiger partial charge in [0.15, 0.2) is 11.6 Å². The van der Waals surface area contributed by atoms with E-state index in [-0.39, 0.29) is 39.8 Å². The zero-order valence-electron chi connectivity index (χ0n) is 22.3. The van der Waals surface area contributed by atoms with Crippen LogP contribution in [-0.2, 0) is 4.79 Å². The van der Waals surface area contributed by atoms with Gasteiger partial charge in [0.1, 0.15) is 28.8 Å². The number of halogens is 4. The standard InChI is InChI=1S/C33H26Br4O5/c34-17-29(21-1-9-25(10-2-21)41-27-13-5-23(6-14-27)31(38)19-36)33(40)30(18-35)22-3-11-26(12-4-22)42-28-15-7-24(8-16-28)32(39)20-37/h1-16,29-30H,17-20H2. The van der Waals surface area contributed by atoms with Gasteiger partial charge in [-0.15, -0.1) is 0 Å². The van der Waals surface area contributed by atoms with Crippen LogP contribution in [0.4, 0.5) is 0 Å². The maximum atomic E-state index is 13.7. The van der Waals surface area contributed by atoms with Crippen LogP contribution < -0.4 is 9.47 Å². The molecule has 5 nitrogen and oxygen atoms in total. The van der Waals surface area contributed by atoms with Gasteiger partial charge in [-0.1, -0.05) is 88.0 Å². The third-order valence-corrected chi connectivity index (χ3v) is 8.94. The highest BCUT2D eigenvalue weighted by Crippen LogP contribution is 2.33. The van der Waals surface area contributed by atoms with Crippen LogP contribution in [0.3, 0.4) is 0 Å². The van der Waals surface area contributed by atoms with Crippen LogP contribution >= 0.6 is 63.7 Å². The van der Waals surface area contributed by atoms with Crippen LogP contribution in [0.1, 0.15) is 43.7 Å². The summed E-state index contributed by atoms with van der Waals surface area (Å²) in [6.45, 7) is 0. The Morgan fingerprint density at radius 2 is 0.762 bits per heavy atom. The van der Waals surface area contributed by atoms with Crippen molar-refractivity contribution in [1.82, 2.24) is 0 Å². The molecule has 0 saturated heterocycles. The molecule has 0 radical (unpaired) electrons. The summed E-state index contributed by atoms with van der Waals surface area (Å²) in [5.74, 6) is 1.91. The minimum absolute atomic E-state index is 0.00816. The molecule has 0 bridgehead atoms. The Morgan fingerprint density at radius 3 is 1.02 bits per heavy atom. The van der Waals surface area contributed by atoms with Gasteiger partial charge in [-0.3, -0.25) is 14.4 Å². The molecule has 2 unspecified atom stereocenters. The lowest BCUT2D eigenvalue weighted by atomic mass is 9.86. The number of carbonyl (C=O) groups excluding carboxylic acids is 3. The molecule has 0 aliphatic heterocycles. The van der Waals surface area contributed by atoms with Gasteiger partial charge in [-0.25, -0.2) is 0 Å². The molecule has 0 spiro atoms. The lowest BCUT2D eigenvalue weighted by Gasteiger charge is -2.21. The van der Waals surface area contributed by atoms with Crippen molar-refractivity contribution in [3.63, 3.8) is 0 Å². The van der Waals surface area contributed by atoms with Crippen LogP contribution in [0.5, 0.6) is 23.0 Å². The molecule has 4 rings (SSSR count). The first-order valence-corrected chi connectivity index (χ1v) is 17.4. The van der Waals surface area contributed by atoms with Crippen molar-refractivity contribution in [3.05, 3.63) is 119 Å². The smallest absolute Gasteiger partial charge is 0.173 e. The largest absolute Gasteiger partial charge is 0.457 e. The van der Waals surface area contributed by atoms with E-state index < -0.39 is 0 Å². The SMILES string of the molecule is O=C(CBr)c1ccc(Oc2ccc(C(CBr)C(=O)C(CBr)c3ccc(Oc4ccc(C(=O)CBr)cc4)cc3)cc2)cc1. The van der Waals surface area contributed by atoms with Crippen LogP contribution in [0.2, 0.25) is 0 Å². The first kappa shape index (κ1) is 32.3. The van der Waals surface area contributed by atoms with Crippen LogP contribution in [0.25, 0.3) is 0 Å². The van der Waals surface area contributed by atoms with Gasteiger partial charge in [-0.05, 0) is 83.9 Å². The monoisotopic (exact) mass is 818 g/mol. The minimum atomic E-state index is -0.354. The summed E-state index contributed by atoms with van der Waals surface area (Å²) in [5.41, 5.74) is 3.00. The lowest BCUT2D eigenvalue weighted by Crippen LogP contribution is -2.23. The molecule has 0 heterocycles. The van der Waals surface area contributed by atoms with E-state index in [4.69, 9.17) is 9.47 Å². The Morgan fingerprint density at radius 1 is 0.476 bits per heavy atom. The maximum Gasteiger partial charge on any atom is 0.173 e. The molecule has 0 aliphatic rings. The van der Waals surface area contributed by atoms with Crippen molar-refractivity contribution in [1.29, 1.82) is 0 Å². The number of Topliss-reactive ketones (excluding diaryl/α,β-unsaturated/α-hetero) is 3. The first-order valence-electron chi connectivity index (χ1n) is 13.0. The molecule has 42 heavy (non-hydrogen) atoms. The summed E-state index contributed by atoms with van der Waals surface area (Å²) < 4.78 is 11.9. The Hall–Kier alpha value is -2.59. The van der Waals surface area contributed by atoms with E-state index in [1.807, 2.05) is 48.5 Å². The summed E-state index contributed by atoms with van der Waals surface area (Å²) in [6.07, 6.45) is 0. The Balaban J connectivity index is 1.41. The fourth-order valence-electron chi connectivity index (χ4n) is 4.28. The van der Waals surface area contributed by atoms with Crippen molar-refractivity contribution in [3.8, 4) is 23.0 Å². The van der Waals surface area contributed by atoms with Crippen molar-refractivity contribution in [2.45, 2.75) is 11.8 Å². The highest BCUT2D eigenvalue weighted by atomic mass is 79.9. The maximum absolute atomic E-state index is 13.7. The van der Waals surface area contributed by atoms with E-state index in [0.717, 1.165) is 11.1 Å². The lowest BCUT2D eigenvalue weighted by molar-refractivity contribution is -0.121. The van der Waals surface area contributed by atoms with E-state index in [2.05, 4.69) is 63.7 Å². The molecule has 9 heteroatoms. The molecule has 2 atom stereocenters. The number of ketones is 3. The highest BCUT2D eigenvalue weighted by molar-refractivity contribution is 9.10. The highest BCUT2D eigenvalue weighted by Gasteiger charge is 2.28. The molecule has 0 amide bonds. The third-order valence-electron chi connectivity index (χ3n) is 6.63. The van der Waals surface area contributed by atoms with Gasteiger partial charge in [0, 0.05) is 21.8 Å². The van der Waals surface area contributed by atoms with Gasteiger partial charge in [0.05, 0.1) is 22.5 Å². The van der Waals surface area contributed by atoms with Crippen molar-refractivity contribution in [2.75, 3.05) is 21.3 Å². The topological polar surface area (TPSA) is 69.7 Å². The fourth-order valence-corrected chi connectivity index (χ4v) is 6.32. The molecule has 0 N–H and O–H groups in total. The molecule has 0 fully saturated rings. The number of alkyl halides is 4. The average molecular weight is 822 g/mol. The molecular formula is C33H26Br4O5. The zero-order chi connectivity index (χ0) is 30.1. The second kappa shape index (κ2) is 15.8. The number of hydrogen-bond donors (Lipinski definition) is 0. The number of ether oxygens (including phenoxy) is 2. The number of benzene rings is 4. The van der Waals surface area contributed by atoms with Gasteiger partial charge in [0.25, 0.3) is 0 Å². The summed E-state index contributed by atoms with van der Waals surface area (Å²) in [5, 5.41) is 1.51. The first-order chi connectivity index (χ1) is 20.4. The Kier molecular flexibility index (Phi) is 12.1. The Labute approximate surface area is 278 Å². The summed E-state index contributed by atoms with van der Waals surface area (Å²) in [6, 6.07) is 29.0. The predicted octanol–water partition coefficient (Wildman–Crippen LogP) is 9.65. The summed E-state index contributed by atoms with van der Waals surface area (Å²) in [4.78, 5) is 37.3. The second-order valence-corrected chi connectivity index (χ2v) is 11.7. The van der Waals surface area contributed by atoms with Crippen molar-refractivity contribution >= 4 is 81.1 Å². The van der Waals surface area contributed by atoms with Crippen LogP contribution in [0, 0.1) is 0 Å². The van der Waals surface area contributed by atoms with Crippen molar-refractivity contribution < 1.29 is 23.9 Å². The molecule has 216 valence electrons. The second-order valence-electron chi connectivity index (χ2n) is 9.32. The number of carbonyl (C=O) groups is 3. The van der Waals surface area contributed by atoms with Gasteiger partial charge in [-0.2, -0.15) is 0 Å². The Bertz CT molecular complexity index is 1390. The van der Waals surface area contributed by atoms with E-state index in [0.29, 0.717) is 44.8 Å². The van der Waals surface area contributed by atoms with E-state index in [1.54, 1.807) is 48.5 Å². The summed E-state index contributed by atoms with van der Waals surface area (Å²) in [7, 11) is 0. The normalized spacial score (nSPS) is 12.3. The molecule has 0 aliphatic carbocycles. The number of hydrogen-bond acceptors (Lipinski definition) is 5. The zero-order valence-corrected chi connectivity index (χ0v) is 28.6. The molecule has 0 saturated carbocycles. The molecule has 4 aromatic rings. The van der Waals surface area contributed by atoms with Crippen molar-refractivity contribution in [2.24, 2.45) is 0 Å². The van der Waals surface area contributed by atoms with Gasteiger partial charge < -0.3 is 9.47 Å².